The van der Waals surface area contributed by atoms with E-state index >= 15 is 0 Å². The summed E-state index contributed by atoms with van der Waals surface area (Å²) in [7, 11) is 3.04. The van der Waals surface area contributed by atoms with E-state index in [1.54, 1.807) is 31.2 Å². The van der Waals surface area contributed by atoms with Gasteiger partial charge in [0.15, 0.2) is 23.1 Å². The molecule has 0 aliphatic rings. The number of rotatable bonds is 6. The Hall–Kier alpha value is -2.89. The van der Waals surface area contributed by atoms with Crippen LogP contribution in [0.4, 0.5) is 8.78 Å². The molecule has 4 nitrogen and oxygen atoms in total. The van der Waals surface area contributed by atoms with Gasteiger partial charge in [-0.2, -0.15) is 0 Å². The molecule has 1 unspecified atom stereocenters. The summed E-state index contributed by atoms with van der Waals surface area (Å²) < 4.78 is 36.7. The Morgan fingerprint density at radius 1 is 1.12 bits per heavy atom. The van der Waals surface area contributed by atoms with E-state index in [1.165, 1.54) is 26.4 Å². The van der Waals surface area contributed by atoms with Gasteiger partial charge in [-0.15, -0.1) is 0 Å². The van der Waals surface area contributed by atoms with E-state index in [0.29, 0.717) is 22.6 Å². The van der Waals surface area contributed by atoms with Crippen LogP contribution in [0.2, 0.25) is 0 Å². The maximum atomic E-state index is 13.3. The third-order valence-corrected chi connectivity index (χ3v) is 3.65. The van der Waals surface area contributed by atoms with Crippen molar-refractivity contribution in [2.75, 3.05) is 14.2 Å². The number of para-hydroxylation sites is 1. The van der Waals surface area contributed by atoms with E-state index in [2.05, 4.69) is 5.32 Å². The first kappa shape index (κ1) is 18.4. The first-order valence-electron chi connectivity index (χ1n) is 7.60. The van der Waals surface area contributed by atoms with Crippen molar-refractivity contribution in [1.82, 2.24) is 5.32 Å². The lowest BCUT2D eigenvalue weighted by atomic mass is 10.1. The monoisotopic (exact) mass is 347 g/mol. The molecule has 25 heavy (non-hydrogen) atoms. The summed E-state index contributed by atoms with van der Waals surface area (Å²) in [5, 5.41) is 2.69. The highest BCUT2D eigenvalue weighted by Crippen LogP contribution is 2.31. The van der Waals surface area contributed by atoms with Crippen LogP contribution in [-0.2, 0) is 4.79 Å². The van der Waals surface area contributed by atoms with Crippen LogP contribution in [0.15, 0.2) is 42.5 Å². The number of carbonyl (C=O) groups is 1. The van der Waals surface area contributed by atoms with Crippen molar-refractivity contribution >= 4 is 12.0 Å². The van der Waals surface area contributed by atoms with Gasteiger partial charge in [-0.25, -0.2) is 8.78 Å². The second kappa shape index (κ2) is 8.28. The first-order valence-corrected chi connectivity index (χ1v) is 7.60. The summed E-state index contributed by atoms with van der Waals surface area (Å²) in [6, 6.07) is 8.37. The lowest BCUT2D eigenvalue weighted by Crippen LogP contribution is -2.24. The van der Waals surface area contributed by atoms with Crippen LogP contribution in [0.3, 0.4) is 0 Å². The summed E-state index contributed by atoms with van der Waals surface area (Å²) in [6.45, 7) is 1.69. The smallest absolute Gasteiger partial charge is 0.244 e. The predicted molar refractivity (Wildman–Crippen MR) is 91.5 cm³/mol. The number of nitrogens with one attached hydrogen (secondary N) is 1. The average Bonchev–Trinajstić information content (AvgIpc) is 2.61. The summed E-state index contributed by atoms with van der Waals surface area (Å²) in [4.78, 5) is 12.1. The van der Waals surface area contributed by atoms with E-state index in [0.717, 1.165) is 12.1 Å². The SMILES string of the molecule is COc1cccc(C=CC(=O)NC(C)c2ccc(F)c(F)c2)c1OC. The maximum Gasteiger partial charge on any atom is 0.244 e. The first-order chi connectivity index (χ1) is 12.0. The Bertz CT molecular complexity index is 790. The molecule has 0 aliphatic heterocycles. The van der Waals surface area contributed by atoms with Gasteiger partial charge in [-0.05, 0) is 36.8 Å². The molecule has 0 saturated heterocycles. The second-order valence-electron chi connectivity index (χ2n) is 5.32. The van der Waals surface area contributed by atoms with Crippen LogP contribution >= 0.6 is 0 Å². The minimum atomic E-state index is -0.949. The quantitative estimate of drug-likeness (QED) is 0.807. The number of hydrogen-bond acceptors (Lipinski definition) is 3. The van der Waals surface area contributed by atoms with Gasteiger partial charge in [-0.3, -0.25) is 4.79 Å². The predicted octanol–water partition coefficient (Wildman–Crippen LogP) is 3.87. The number of hydrogen-bond donors (Lipinski definition) is 1. The van der Waals surface area contributed by atoms with Crippen LogP contribution in [0.25, 0.3) is 6.08 Å². The molecular formula is C19H19F2NO3. The van der Waals surface area contributed by atoms with Crippen molar-refractivity contribution in [2.24, 2.45) is 0 Å². The molecule has 0 aliphatic carbocycles. The maximum absolute atomic E-state index is 13.3. The fourth-order valence-electron chi connectivity index (χ4n) is 2.34. The molecule has 0 radical (unpaired) electrons. The zero-order chi connectivity index (χ0) is 18.4. The Labute approximate surface area is 145 Å². The number of ether oxygens (including phenoxy) is 2. The van der Waals surface area contributed by atoms with E-state index < -0.39 is 17.7 Å². The summed E-state index contributed by atoms with van der Waals surface area (Å²) in [6.07, 6.45) is 2.93. The normalized spacial score (nSPS) is 12.0. The molecule has 0 heterocycles. The van der Waals surface area contributed by atoms with Gasteiger partial charge in [0.1, 0.15) is 0 Å². The van der Waals surface area contributed by atoms with Crippen molar-refractivity contribution in [3.05, 3.63) is 65.2 Å². The number of amides is 1. The van der Waals surface area contributed by atoms with Crippen LogP contribution in [0.1, 0.15) is 24.1 Å². The number of carbonyl (C=O) groups excluding carboxylic acids is 1. The van der Waals surface area contributed by atoms with E-state index in [-0.39, 0.29) is 5.91 Å². The molecule has 0 bridgehead atoms. The molecule has 2 rings (SSSR count). The molecule has 0 saturated carbocycles. The van der Waals surface area contributed by atoms with E-state index in [4.69, 9.17) is 9.47 Å². The van der Waals surface area contributed by atoms with E-state index in [9.17, 15) is 13.6 Å². The molecule has 1 N–H and O–H groups in total. The zero-order valence-electron chi connectivity index (χ0n) is 14.2. The lowest BCUT2D eigenvalue weighted by molar-refractivity contribution is -0.117. The summed E-state index contributed by atoms with van der Waals surface area (Å²) >= 11 is 0. The van der Waals surface area contributed by atoms with Crippen molar-refractivity contribution < 1.29 is 23.0 Å². The highest BCUT2D eigenvalue weighted by molar-refractivity contribution is 5.92. The Balaban J connectivity index is 2.09. The Morgan fingerprint density at radius 2 is 1.88 bits per heavy atom. The standard InChI is InChI=1S/C19H19F2NO3/c1-12(14-7-9-15(20)16(21)11-14)22-18(23)10-8-13-5-4-6-17(24-2)19(13)25-3/h4-12H,1-3H3,(H,22,23). The van der Waals surface area contributed by atoms with Crippen LogP contribution in [0, 0.1) is 11.6 Å². The van der Waals surface area contributed by atoms with Gasteiger partial charge in [-0.1, -0.05) is 18.2 Å². The minimum Gasteiger partial charge on any atom is -0.493 e. The molecule has 0 fully saturated rings. The van der Waals surface area contributed by atoms with Gasteiger partial charge in [0.2, 0.25) is 5.91 Å². The fourth-order valence-corrected chi connectivity index (χ4v) is 2.34. The zero-order valence-corrected chi connectivity index (χ0v) is 14.2. The van der Waals surface area contributed by atoms with Crippen molar-refractivity contribution in [3.63, 3.8) is 0 Å². The van der Waals surface area contributed by atoms with E-state index in [1.807, 2.05) is 0 Å². The molecule has 0 spiro atoms. The molecule has 1 atom stereocenters. The molecule has 132 valence electrons. The van der Waals surface area contributed by atoms with Crippen molar-refractivity contribution in [3.8, 4) is 11.5 Å². The summed E-state index contributed by atoms with van der Waals surface area (Å²) in [5.74, 6) is -1.17. The largest absolute Gasteiger partial charge is 0.493 e. The highest BCUT2D eigenvalue weighted by Gasteiger charge is 2.11. The minimum absolute atomic E-state index is 0.373. The number of benzene rings is 2. The van der Waals surface area contributed by atoms with Gasteiger partial charge >= 0.3 is 0 Å². The Kier molecular flexibility index (Phi) is 6.11. The van der Waals surface area contributed by atoms with Crippen LogP contribution in [-0.4, -0.2) is 20.1 Å². The molecule has 1 amide bonds. The average molecular weight is 347 g/mol. The fraction of sp³-hybridized carbons (Fsp3) is 0.211. The van der Waals surface area contributed by atoms with Crippen LogP contribution in [0.5, 0.6) is 11.5 Å². The molecule has 2 aromatic carbocycles. The third kappa shape index (κ3) is 4.56. The van der Waals surface area contributed by atoms with Crippen molar-refractivity contribution in [1.29, 1.82) is 0 Å². The van der Waals surface area contributed by atoms with Gasteiger partial charge in [0, 0.05) is 11.6 Å². The van der Waals surface area contributed by atoms with Crippen LogP contribution < -0.4 is 14.8 Å². The molecule has 6 heteroatoms. The third-order valence-electron chi connectivity index (χ3n) is 3.65. The lowest BCUT2D eigenvalue weighted by Gasteiger charge is -2.13. The Morgan fingerprint density at radius 3 is 2.52 bits per heavy atom. The van der Waals surface area contributed by atoms with Crippen molar-refractivity contribution in [2.45, 2.75) is 13.0 Å². The molecule has 2 aromatic rings. The highest BCUT2D eigenvalue weighted by atomic mass is 19.2. The molecular weight excluding hydrogens is 328 g/mol. The molecule has 0 aromatic heterocycles. The summed E-state index contributed by atoms with van der Waals surface area (Å²) in [5.41, 5.74) is 1.15. The number of methoxy groups -OCH3 is 2. The number of halogens is 2. The second-order valence-corrected chi connectivity index (χ2v) is 5.32. The topological polar surface area (TPSA) is 47.6 Å². The van der Waals surface area contributed by atoms with Gasteiger partial charge in [0.05, 0.1) is 20.3 Å². The van der Waals surface area contributed by atoms with Gasteiger partial charge < -0.3 is 14.8 Å². The van der Waals surface area contributed by atoms with Gasteiger partial charge in [0.25, 0.3) is 0 Å².